The number of benzene rings is 4. The summed E-state index contributed by atoms with van der Waals surface area (Å²) in [6.45, 7) is 8.58. The number of aromatic nitrogens is 2. The van der Waals surface area contributed by atoms with Crippen molar-refractivity contribution in [3.05, 3.63) is 125 Å². The summed E-state index contributed by atoms with van der Waals surface area (Å²) in [5, 5.41) is 16.9. The van der Waals surface area contributed by atoms with Crippen molar-refractivity contribution in [1.29, 1.82) is 0 Å². The van der Waals surface area contributed by atoms with Gasteiger partial charge < -0.3 is 26.2 Å². The molecule has 0 radical (unpaired) electrons. The lowest BCUT2D eigenvalue weighted by Crippen LogP contribution is -2.48. The highest BCUT2D eigenvalue weighted by Gasteiger charge is 2.27. The molecule has 3 saturated heterocycles. The number of rotatable bonds is 14. The second kappa shape index (κ2) is 20.3. The van der Waals surface area contributed by atoms with Crippen LogP contribution in [-0.2, 0) is 9.59 Å². The van der Waals surface area contributed by atoms with E-state index >= 15 is 0 Å². The number of carbonyl (C=O) groups is 4. The number of nitrogens with one attached hydrogen (secondary N) is 6. The molecule has 3 aliphatic rings. The van der Waals surface area contributed by atoms with E-state index in [-0.39, 0.29) is 35.4 Å². The Morgan fingerprint density at radius 1 is 0.812 bits per heavy atom. The molecular weight excluding hydrogens is 837 g/mol. The zero-order valence-electron chi connectivity index (χ0n) is 35.5. The van der Waals surface area contributed by atoms with Crippen molar-refractivity contribution in [3.8, 4) is 0 Å². The monoisotopic (exact) mass is 887 g/mol. The number of hydrazine groups is 1. The number of imide groups is 1. The van der Waals surface area contributed by atoms with Crippen molar-refractivity contribution in [2.45, 2.75) is 45.1 Å². The summed E-state index contributed by atoms with van der Waals surface area (Å²) in [6.07, 6.45) is 5.07. The van der Waals surface area contributed by atoms with Crippen molar-refractivity contribution in [1.82, 2.24) is 30.6 Å². The molecule has 64 heavy (non-hydrogen) atoms. The highest BCUT2D eigenvalue weighted by molar-refractivity contribution is 6.33. The Bertz CT molecular complexity index is 2480. The Hall–Kier alpha value is -6.62. The first-order valence-electron chi connectivity index (χ1n) is 21.6. The van der Waals surface area contributed by atoms with Crippen LogP contribution in [0.1, 0.15) is 58.4 Å². The van der Waals surface area contributed by atoms with Gasteiger partial charge in [-0.15, -0.1) is 0 Å². The zero-order chi connectivity index (χ0) is 44.6. The van der Waals surface area contributed by atoms with E-state index in [1.165, 1.54) is 5.69 Å². The molecular formula is C47H51ClFN11O4. The normalized spacial score (nSPS) is 17.4. The lowest BCUT2D eigenvalue weighted by atomic mass is 9.94. The molecule has 0 aliphatic carbocycles. The minimum atomic E-state index is -0.656. The smallest absolute Gasteiger partial charge is 0.265 e. The molecule has 3 fully saturated rings. The van der Waals surface area contributed by atoms with Gasteiger partial charge in [0.2, 0.25) is 17.8 Å². The van der Waals surface area contributed by atoms with Gasteiger partial charge in [0.25, 0.3) is 11.8 Å². The molecule has 1 atom stereocenters. The number of hydrogen-bond donors (Lipinski definition) is 6. The summed E-state index contributed by atoms with van der Waals surface area (Å²) in [6, 6.07) is 26.3. The molecule has 4 aromatic carbocycles. The Balaban J connectivity index is 0.736. The molecule has 4 amide bonds. The third-order valence-electron chi connectivity index (χ3n) is 11.9. The number of anilines is 7. The van der Waals surface area contributed by atoms with Gasteiger partial charge in [-0.3, -0.25) is 34.8 Å². The van der Waals surface area contributed by atoms with Gasteiger partial charge in [0, 0.05) is 79.6 Å². The third-order valence-corrected chi connectivity index (χ3v) is 12.3. The topological polar surface area (TPSA) is 176 Å². The van der Waals surface area contributed by atoms with E-state index in [9.17, 15) is 23.6 Å². The van der Waals surface area contributed by atoms with Crippen LogP contribution in [0.3, 0.4) is 0 Å². The lowest BCUT2D eigenvalue weighted by molar-refractivity contribution is -0.133. The fourth-order valence-corrected chi connectivity index (χ4v) is 8.29. The van der Waals surface area contributed by atoms with Crippen LogP contribution in [0.5, 0.6) is 0 Å². The fourth-order valence-electron chi connectivity index (χ4n) is 8.11. The van der Waals surface area contributed by atoms with Crippen LogP contribution in [0, 0.1) is 18.7 Å². The molecule has 8 rings (SSSR count). The molecule has 15 nitrogen and oxygen atoms in total. The molecule has 332 valence electrons. The van der Waals surface area contributed by atoms with Crippen molar-refractivity contribution in [2.75, 3.05) is 72.0 Å². The number of piperazine rings is 1. The number of piperidine rings is 2. The van der Waals surface area contributed by atoms with Gasteiger partial charge in [-0.1, -0.05) is 23.7 Å². The number of para-hydroxylation sites is 1. The van der Waals surface area contributed by atoms with Crippen molar-refractivity contribution in [3.63, 3.8) is 0 Å². The summed E-state index contributed by atoms with van der Waals surface area (Å²) in [4.78, 5) is 62.9. The largest absolute Gasteiger partial charge is 0.373 e. The zero-order valence-corrected chi connectivity index (χ0v) is 36.3. The van der Waals surface area contributed by atoms with Gasteiger partial charge in [-0.25, -0.2) is 14.4 Å². The van der Waals surface area contributed by atoms with Crippen LogP contribution in [0.4, 0.5) is 44.6 Å². The van der Waals surface area contributed by atoms with Crippen LogP contribution in [-0.4, -0.2) is 95.4 Å². The van der Waals surface area contributed by atoms with E-state index < -0.39 is 11.9 Å². The molecule has 3 aliphatic heterocycles. The predicted molar refractivity (Wildman–Crippen MR) is 247 cm³/mol. The van der Waals surface area contributed by atoms with Crippen LogP contribution < -0.4 is 36.9 Å². The fraction of sp³-hybridized carbons (Fsp3) is 0.319. The second-order valence-electron chi connectivity index (χ2n) is 16.4. The molecule has 0 spiro atoms. The number of hydrogen-bond acceptors (Lipinski definition) is 12. The van der Waals surface area contributed by atoms with Gasteiger partial charge in [0.05, 0.1) is 16.9 Å². The van der Waals surface area contributed by atoms with E-state index in [1.807, 2.05) is 18.0 Å². The first-order valence-corrected chi connectivity index (χ1v) is 22.0. The average Bonchev–Trinajstić information content (AvgIpc) is 3.30. The van der Waals surface area contributed by atoms with Gasteiger partial charge in [-0.05, 0) is 129 Å². The maximum Gasteiger partial charge on any atom is 0.265 e. The molecule has 17 heteroatoms. The van der Waals surface area contributed by atoms with Gasteiger partial charge >= 0.3 is 0 Å². The number of carbonyl (C=O) groups excluding carboxylic acids is 4. The quantitative estimate of drug-likeness (QED) is 0.0625. The Morgan fingerprint density at radius 2 is 1.50 bits per heavy atom. The molecule has 0 saturated carbocycles. The summed E-state index contributed by atoms with van der Waals surface area (Å²) in [7, 11) is 0. The highest BCUT2D eigenvalue weighted by atomic mass is 35.5. The van der Waals surface area contributed by atoms with Crippen LogP contribution in [0.25, 0.3) is 0 Å². The van der Waals surface area contributed by atoms with Crippen LogP contribution in [0.15, 0.2) is 97.2 Å². The Morgan fingerprint density at radius 3 is 2.19 bits per heavy atom. The molecule has 1 aromatic heterocycles. The van der Waals surface area contributed by atoms with E-state index in [0.29, 0.717) is 52.0 Å². The first kappa shape index (κ1) is 44.0. The van der Waals surface area contributed by atoms with E-state index in [1.54, 1.807) is 72.8 Å². The van der Waals surface area contributed by atoms with Gasteiger partial charge in [0.1, 0.15) is 6.04 Å². The van der Waals surface area contributed by atoms with Crippen LogP contribution >= 0.6 is 11.6 Å². The first-order chi connectivity index (χ1) is 31.0. The maximum absolute atomic E-state index is 14.7. The minimum Gasteiger partial charge on any atom is -0.373 e. The van der Waals surface area contributed by atoms with Crippen molar-refractivity contribution >= 4 is 75.4 Å². The summed E-state index contributed by atoms with van der Waals surface area (Å²) < 4.78 is 14.7. The van der Waals surface area contributed by atoms with E-state index in [4.69, 9.17) is 11.6 Å². The molecule has 1 unspecified atom stereocenters. The van der Waals surface area contributed by atoms with E-state index in [0.717, 1.165) is 82.5 Å². The molecule has 0 bridgehead atoms. The van der Waals surface area contributed by atoms with Crippen molar-refractivity contribution < 1.29 is 23.6 Å². The van der Waals surface area contributed by atoms with E-state index in [2.05, 4.69) is 63.9 Å². The van der Waals surface area contributed by atoms with Gasteiger partial charge in [-0.2, -0.15) is 4.98 Å². The number of nitrogens with zero attached hydrogens (tertiary/aromatic N) is 5. The van der Waals surface area contributed by atoms with Gasteiger partial charge in [0.15, 0.2) is 11.6 Å². The standard InChI is InChI=1S/C47H51ClFN11O4/c1-30-28-36(14-15-39(30)53-41-16-17-42(61)55-46(41)64)59-26-24-58(25-27-59)21-18-31-19-22-60(23-20-31)57-45(63)33-8-12-35(13-9-33)52-47-50-29-38(49)43(56-47)51-34-10-6-32(7-11-34)44(62)54-40-5-3-2-4-37(40)48/h2-15,28-29,31,41,53H,16-27H2,1H3,(H,54,62)(H,57,63)(H,55,61,64)(H2,50,51,52,56). The summed E-state index contributed by atoms with van der Waals surface area (Å²) >= 11 is 6.16. The Labute approximate surface area is 376 Å². The number of aryl methyl sites for hydroxylation is 1. The number of amides is 4. The van der Waals surface area contributed by atoms with Crippen molar-refractivity contribution in [2.24, 2.45) is 5.92 Å². The maximum atomic E-state index is 14.7. The summed E-state index contributed by atoms with van der Waals surface area (Å²) in [5.74, 6) is -0.954. The molecule has 4 heterocycles. The lowest BCUT2D eigenvalue weighted by Gasteiger charge is -2.38. The second-order valence-corrected chi connectivity index (χ2v) is 16.8. The highest BCUT2D eigenvalue weighted by Crippen LogP contribution is 2.28. The SMILES string of the molecule is Cc1cc(N2CCN(CCC3CCN(NC(=O)c4ccc(Nc5ncc(F)c(Nc6ccc(C(=O)Nc7ccccc7Cl)cc6)n5)cc4)CC3)CC2)ccc1NC1CCC(=O)NC1=O. The third kappa shape index (κ3) is 11.3. The minimum absolute atomic E-state index is 0.0532. The average molecular weight is 888 g/mol. The number of halogens is 2. The predicted octanol–water partition coefficient (Wildman–Crippen LogP) is 7.10. The molecule has 6 N–H and O–H groups in total. The Kier molecular flexibility index (Phi) is 13.9. The van der Waals surface area contributed by atoms with Crippen LogP contribution in [0.2, 0.25) is 5.02 Å². The molecule has 5 aromatic rings. The summed E-state index contributed by atoms with van der Waals surface area (Å²) in [5.41, 5.74) is 8.77.